The van der Waals surface area contributed by atoms with E-state index < -0.39 is 6.10 Å². The topological polar surface area (TPSA) is 32.7 Å². The Balaban J connectivity index is 1.99. The van der Waals surface area contributed by atoms with Crippen molar-refractivity contribution in [2.75, 3.05) is 13.1 Å². The molecule has 2 heterocycles. The van der Waals surface area contributed by atoms with Gasteiger partial charge in [0.15, 0.2) is 0 Å². The van der Waals surface area contributed by atoms with Crippen molar-refractivity contribution >= 4 is 0 Å². The van der Waals surface area contributed by atoms with Gasteiger partial charge in [0.25, 0.3) is 0 Å². The summed E-state index contributed by atoms with van der Waals surface area (Å²) in [6.45, 7) is 8.50. The lowest BCUT2D eigenvalue weighted by Crippen LogP contribution is -2.59. The highest BCUT2D eigenvalue weighted by molar-refractivity contribution is 5.46. The minimum atomic E-state index is -0.464. The van der Waals surface area contributed by atoms with Crippen molar-refractivity contribution in [2.45, 2.75) is 64.2 Å². The standard InChI is InChI=1S/C18H27NO2/c1-4-13-9-8-10-14-15(20)17(18(2,3)21-16(13)14)19-11-6-5-7-12-19/h8-10,15,17,20H,4-7,11-12H2,1-3H3. The van der Waals surface area contributed by atoms with E-state index in [-0.39, 0.29) is 11.6 Å². The van der Waals surface area contributed by atoms with Crippen LogP contribution < -0.4 is 4.74 Å². The molecule has 0 radical (unpaired) electrons. The summed E-state index contributed by atoms with van der Waals surface area (Å²) in [5.41, 5.74) is 1.79. The van der Waals surface area contributed by atoms with E-state index in [1.165, 1.54) is 24.8 Å². The second-order valence-corrected chi connectivity index (χ2v) is 6.88. The molecule has 3 nitrogen and oxygen atoms in total. The SMILES string of the molecule is CCc1cccc2c1OC(C)(C)C(N1CCCCC1)C2O. The summed E-state index contributed by atoms with van der Waals surface area (Å²) < 4.78 is 6.38. The number of benzene rings is 1. The first-order chi connectivity index (χ1) is 10.0. The van der Waals surface area contributed by atoms with Gasteiger partial charge in [-0.05, 0) is 51.8 Å². The number of aliphatic hydroxyl groups is 1. The van der Waals surface area contributed by atoms with E-state index in [9.17, 15) is 5.11 Å². The van der Waals surface area contributed by atoms with Gasteiger partial charge in [-0.2, -0.15) is 0 Å². The zero-order chi connectivity index (χ0) is 15.0. The molecule has 0 bridgehead atoms. The molecule has 2 aliphatic rings. The Morgan fingerprint density at radius 3 is 2.62 bits per heavy atom. The number of aliphatic hydroxyl groups excluding tert-OH is 1. The van der Waals surface area contributed by atoms with Gasteiger partial charge in [-0.1, -0.05) is 31.5 Å². The summed E-state index contributed by atoms with van der Waals surface area (Å²) in [6, 6.07) is 6.20. The molecule has 2 atom stereocenters. The molecule has 0 aromatic heterocycles. The van der Waals surface area contributed by atoms with E-state index in [0.29, 0.717) is 0 Å². The van der Waals surface area contributed by atoms with E-state index in [0.717, 1.165) is 30.8 Å². The van der Waals surface area contributed by atoms with Gasteiger partial charge in [0.2, 0.25) is 0 Å². The molecule has 21 heavy (non-hydrogen) atoms. The molecular formula is C18H27NO2. The third-order valence-corrected chi connectivity index (χ3v) is 4.99. The minimum Gasteiger partial charge on any atom is -0.485 e. The highest BCUT2D eigenvalue weighted by atomic mass is 16.5. The fourth-order valence-electron chi connectivity index (χ4n) is 3.95. The first-order valence-corrected chi connectivity index (χ1v) is 8.27. The number of rotatable bonds is 2. The van der Waals surface area contributed by atoms with Gasteiger partial charge >= 0.3 is 0 Å². The van der Waals surface area contributed by atoms with E-state index in [1.807, 2.05) is 12.1 Å². The normalized spacial score (nSPS) is 28.8. The maximum Gasteiger partial charge on any atom is 0.129 e. The Hall–Kier alpha value is -1.06. The number of aryl methyl sites for hydroxylation is 1. The van der Waals surface area contributed by atoms with Crippen molar-refractivity contribution < 1.29 is 9.84 Å². The number of nitrogens with zero attached hydrogens (tertiary/aromatic N) is 1. The zero-order valence-corrected chi connectivity index (χ0v) is 13.4. The van der Waals surface area contributed by atoms with Crippen LogP contribution in [-0.4, -0.2) is 34.7 Å². The molecule has 1 N–H and O–H groups in total. The predicted molar refractivity (Wildman–Crippen MR) is 84.7 cm³/mol. The van der Waals surface area contributed by atoms with E-state index >= 15 is 0 Å². The van der Waals surface area contributed by atoms with Crippen molar-refractivity contribution in [3.8, 4) is 5.75 Å². The molecule has 0 amide bonds. The molecule has 1 fully saturated rings. The highest BCUT2D eigenvalue weighted by Crippen LogP contribution is 2.44. The van der Waals surface area contributed by atoms with Crippen LogP contribution in [0.3, 0.4) is 0 Å². The molecule has 0 aliphatic carbocycles. The Morgan fingerprint density at radius 1 is 1.24 bits per heavy atom. The quantitative estimate of drug-likeness (QED) is 0.906. The van der Waals surface area contributed by atoms with Gasteiger partial charge in [0, 0.05) is 5.56 Å². The molecule has 0 spiro atoms. The van der Waals surface area contributed by atoms with Crippen molar-refractivity contribution in [3.63, 3.8) is 0 Å². The Labute approximate surface area is 127 Å². The summed E-state index contributed by atoms with van der Waals surface area (Å²) in [5, 5.41) is 11.0. The highest BCUT2D eigenvalue weighted by Gasteiger charge is 2.46. The maximum absolute atomic E-state index is 11.0. The van der Waals surface area contributed by atoms with Gasteiger partial charge in [-0.15, -0.1) is 0 Å². The first-order valence-electron chi connectivity index (χ1n) is 8.27. The average molecular weight is 289 g/mol. The summed E-state index contributed by atoms with van der Waals surface area (Å²) >= 11 is 0. The molecule has 1 aromatic carbocycles. The molecule has 3 rings (SSSR count). The number of hydrogen-bond donors (Lipinski definition) is 1. The van der Waals surface area contributed by atoms with Crippen molar-refractivity contribution in [1.29, 1.82) is 0 Å². The number of fused-ring (bicyclic) bond motifs is 1. The number of para-hydroxylation sites is 1. The van der Waals surface area contributed by atoms with Crippen LogP contribution in [0.15, 0.2) is 18.2 Å². The molecule has 116 valence electrons. The molecular weight excluding hydrogens is 262 g/mol. The Morgan fingerprint density at radius 2 is 1.95 bits per heavy atom. The average Bonchev–Trinajstić information content (AvgIpc) is 2.47. The lowest BCUT2D eigenvalue weighted by molar-refractivity contribution is -0.0877. The number of piperidine rings is 1. The maximum atomic E-state index is 11.0. The van der Waals surface area contributed by atoms with Gasteiger partial charge < -0.3 is 9.84 Å². The van der Waals surface area contributed by atoms with Crippen LogP contribution in [0.4, 0.5) is 0 Å². The second kappa shape index (κ2) is 5.62. The summed E-state index contributed by atoms with van der Waals surface area (Å²) in [5.74, 6) is 0.908. The third-order valence-electron chi connectivity index (χ3n) is 4.99. The van der Waals surface area contributed by atoms with E-state index in [4.69, 9.17) is 4.74 Å². The molecule has 2 unspecified atom stereocenters. The monoisotopic (exact) mass is 289 g/mol. The van der Waals surface area contributed by atoms with Crippen LogP contribution in [0, 0.1) is 0 Å². The van der Waals surface area contributed by atoms with Crippen molar-refractivity contribution in [2.24, 2.45) is 0 Å². The Bertz CT molecular complexity index is 506. The molecule has 1 aromatic rings. The lowest BCUT2D eigenvalue weighted by atomic mass is 9.83. The first kappa shape index (κ1) is 14.9. The molecule has 3 heteroatoms. The van der Waals surface area contributed by atoms with Crippen LogP contribution in [-0.2, 0) is 6.42 Å². The largest absolute Gasteiger partial charge is 0.485 e. The van der Waals surface area contributed by atoms with Crippen LogP contribution in [0.2, 0.25) is 0 Å². The van der Waals surface area contributed by atoms with Gasteiger partial charge in [-0.3, -0.25) is 4.90 Å². The minimum absolute atomic E-state index is 0.0393. The van der Waals surface area contributed by atoms with Gasteiger partial charge in [-0.25, -0.2) is 0 Å². The van der Waals surface area contributed by atoms with Gasteiger partial charge in [0.1, 0.15) is 17.5 Å². The zero-order valence-electron chi connectivity index (χ0n) is 13.4. The number of likely N-dealkylation sites (tertiary alicyclic amines) is 1. The Kier molecular flexibility index (Phi) is 3.98. The summed E-state index contributed by atoms with van der Waals surface area (Å²) in [4.78, 5) is 2.43. The van der Waals surface area contributed by atoms with Crippen LogP contribution in [0.1, 0.15) is 57.3 Å². The third kappa shape index (κ3) is 2.58. The van der Waals surface area contributed by atoms with Crippen molar-refractivity contribution in [1.82, 2.24) is 4.90 Å². The smallest absolute Gasteiger partial charge is 0.129 e. The van der Waals surface area contributed by atoms with Crippen LogP contribution in [0.5, 0.6) is 5.75 Å². The molecule has 2 aliphatic heterocycles. The summed E-state index contributed by atoms with van der Waals surface area (Å²) in [6.07, 6.45) is 4.22. The predicted octanol–water partition coefficient (Wildman–Crippen LogP) is 3.31. The number of ether oxygens (including phenoxy) is 1. The van der Waals surface area contributed by atoms with Crippen LogP contribution >= 0.6 is 0 Å². The van der Waals surface area contributed by atoms with E-state index in [1.54, 1.807) is 0 Å². The lowest BCUT2D eigenvalue weighted by Gasteiger charge is -2.49. The number of hydrogen-bond acceptors (Lipinski definition) is 3. The molecule has 1 saturated heterocycles. The fourth-order valence-corrected chi connectivity index (χ4v) is 3.95. The molecule has 0 saturated carbocycles. The second-order valence-electron chi connectivity index (χ2n) is 6.88. The van der Waals surface area contributed by atoms with Crippen molar-refractivity contribution in [3.05, 3.63) is 29.3 Å². The van der Waals surface area contributed by atoms with Crippen LogP contribution in [0.25, 0.3) is 0 Å². The summed E-state index contributed by atoms with van der Waals surface area (Å²) in [7, 11) is 0. The fraction of sp³-hybridized carbons (Fsp3) is 0.667. The van der Waals surface area contributed by atoms with Gasteiger partial charge in [0.05, 0.1) is 6.04 Å². The van der Waals surface area contributed by atoms with E-state index in [2.05, 4.69) is 31.7 Å².